The summed E-state index contributed by atoms with van der Waals surface area (Å²) in [5.41, 5.74) is 14.7. The summed E-state index contributed by atoms with van der Waals surface area (Å²) >= 11 is 6.64. The van der Waals surface area contributed by atoms with Crippen LogP contribution in [0.3, 0.4) is 0 Å². The first kappa shape index (κ1) is 62.2. The Balaban J connectivity index is 0.000000219. The lowest BCUT2D eigenvalue weighted by Crippen LogP contribution is -2.34. The third kappa shape index (κ3) is 17.1. The van der Waals surface area contributed by atoms with Crippen molar-refractivity contribution in [1.82, 2.24) is 44.9 Å². The van der Waals surface area contributed by atoms with Crippen molar-refractivity contribution in [3.05, 3.63) is 140 Å². The fourth-order valence-electron chi connectivity index (χ4n) is 10.9. The van der Waals surface area contributed by atoms with Crippen molar-refractivity contribution in [2.45, 2.75) is 215 Å². The molecule has 8 aromatic rings. The largest absolute Gasteiger partial charge is 0.493 e. The molecule has 0 saturated heterocycles. The molecular formula is C69H93ClN11O2+. The Labute approximate surface area is 499 Å². The standard InChI is InChI=1S/C35H45N7O2.C34H47ClN4/c1-7-8-9-10-11-12-18-44-30-17-16-24(2)19-28(30)21-26-14-13-15-27(20-26)33-38-34-31(32(35(4,5)6)39-42(34)40-33)41-23-29(22-36-41)37-25(3)43;1-6-7-8-9-10-11-12-13-14-15-16-26-18-20-27(21-19-26)23-29-24-28(22-17-25(29)2)32-36-33-30(35)31(34(3,4)5)37-39(33)38-32/h13-17,19-20,22-23,29H,7-12,18,21H2,1-6H3,(H-,37,38,39,40,43);17-22,24,37H,6-16,23H2,1-5H3/p+1. The second-order valence-corrected chi connectivity index (χ2v) is 25.5. The molecule has 1 unspecified atom stereocenters. The number of carbonyl (C=O) groups is 1. The topological polar surface area (TPSA) is 146 Å². The van der Waals surface area contributed by atoms with Crippen molar-refractivity contribution < 1.29 is 14.2 Å². The second-order valence-electron chi connectivity index (χ2n) is 25.1. The maximum absolute atomic E-state index is 11.6. The number of nitrogens with zero attached hydrogens (tertiary/aromatic N) is 8. The lowest BCUT2D eigenvalue weighted by molar-refractivity contribution is -0.436. The number of rotatable bonds is 27. The summed E-state index contributed by atoms with van der Waals surface area (Å²) in [5, 5.41) is 24.4. The molecular weight excluding hydrogens is 1050 g/mol. The van der Waals surface area contributed by atoms with Gasteiger partial charge in [-0.15, -0.1) is 14.8 Å². The highest BCUT2D eigenvalue weighted by Gasteiger charge is 2.36. The van der Waals surface area contributed by atoms with Gasteiger partial charge in [0.15, 0.2) is 23.3 Å². The molecule has 13 nitrogen and oxygen atoms in total. The summed E-state index contributed by atoms with van der Waals surface area (Å²) in [4.78, 5) is 21.4. The van der Waals surface area contributed by atoms with Gasteiger partial charge in [-0.05, 0) is 101 Å². The maximum atomic E-state index is 11.6. The van der Waals surface area contributed by atoms with Crippen molar-refractivity contribution in [2.24, 2.45) is 5.10 Å². The van der Waals surface area contributed by atoms with E-state index in [4.69, 9.17) is 36.5 Å². The molecule has 1 aliphatic heterocycles. The number of hydrogen-bond donors (Lipinski definition) is 3. The highest BCUT2D eigenvalue weighted by Crippen LogP contribution is 2.36. The molecule has 5 heterocycles. The van der Waals surface area contributed by atoms with Gasteiger partial charge in [0.25, 0.3) is 5.65 Å². The van der Waals surface area contributed by atoms with Gasteiger partial charge < -0.3 is 10.1 Å². The van der Waals surface area contributed by atoms with Crippen LogP contribution in [0.4, 0.5) is 5.69 Å². The second kappa shape index (κ2) is 29.1. The minimum Gasteiger partial charge on any atom is -0.493 e. The number of benzene rings is 4. The van der Waals surface area contributed by atoms with E-state index in [-0.39, 0.29) is 22.8 Å². The zero-order chi connectivity index (χ0) is 59.1. The third-order valence-corrected chi connectivity index (χ3v) is 16.0. The van der Waals surface area contributed by atoms with Gasteiger partial charge in [-0.1, -0.05) is 229 Å². The van der Waals surface area contributed by atoms with Gasteiger partial charge >= 0.3 is 5.69 Å². The zero-order valence-electron chi connectivity index (χ0n) is 51.7. The molecule has 3 N–H and O–H groups in total. The van der Waals surface area contributed by atoms with E-state index in [1.807, 2.05) is 12.3 Å². The molecule has 0 aliphatic carbocycles. The van der Waals surface area contributed by atoms with Gasteiger partial charge in [0.1, 0.15) is 22.7 Å². The van der Waals surface area contributed by atoms with Crippen LogP contribution in [0.5, 0.6) is 5.75 Å². The van der Waals surface area contributed by atoms with Crippen molar-refractivity contribution in [2.75, 3.05) is 6.61 Å². The Morgan fingerprint density at radius 3 is 1.86 bits per heavy atom. The zero-order valence-corrected chi connectivity index (χ0v) is 52.5. The number of unbranched alkanes of at least 4 members (excludes halogenated alkanes) is 14. The van der Waals surface area contributed by atoms with Crippen LogP contribution >= 0.6 is 11.6 Å². The van der Waals surface area contributed by atoms with Crippen molar-refractivity contribution in [3.63, 3.8) is 0 Å². The molecule has 1 atom stereocenters. The molecule has 0 spiro atoms. The number of ether oxygens (including phenoxy) is 1. The van der Waals surface area contributed by atoms with Crippen molar-refractivity contribution in [3.8, 4) is 28.5 Å². The SMILES string of the molecule is CCCCCCCCCCCCc1ccc(Cc2cc(-c3nc4c(Cl)c(C(C)(C)C)[nH]n4n3)ccc2C)cc1.CCCCCCCCOc1ccc(C)cc1Cc1cccc(-c2nc3c([N+]4=CC(NC(C)=O)C=N4)c(C(C)(C)C)[nH]n3n2)c1. The average molecular weight is 1140 g/mol. The minimum absolute atomic E-state index is 0.0978. The number of halogens is 1. The molecule has 4 aromatic heterocycles. The van der Waals surface area contributed by atoms with E-state index < -0.39 is 0 Å². The van der Waals surface area contributed by atoms with Gasteiger partial charge in [-0.2, -0.15) is 9.61 Å². The lowest BCUT2D eigenvalue weighted by atomic mass is 9.91. The number of amides is 1. The van der Waals surface area contributed by atoms with Gasteiger partial charge in [0, 0.05) is 35.3 Å². The molecule has 0 fully saturated rings. The molecule has 9 rings (SSSR count). The van der Waals surface area contributed by atoms with Crippen LogP contribution in [-0.4, -0.2) is 75.3 Å². The fourth-order valence-corrected chi connectivity index (χ4v) is 11.3. The minimum atomic E-state index is -0.282. The average Bonchev–Trinajstić information content (AvgIpc) is 2.43. The van der Waals surface area contributed by atoms with E-state index in [1.165, 1.54) is 149 Å². The number of aryl methyl sites for hydroxylation is 3. The highest BCUT2D eigenvalue weighted by atomic mass is 35.5. The first-order valence-corrected chi connectivity index (χ1v) is 31.3. The molecule has 4 aromatic carbocycles. The third-order valence-electron chi connectivity index (χ3n) is 15.7. The van der Waals surface area contributed by atoms with Crippen LogP contribution in [0.15, 0.2) is 90.0 Å². The Morgan fingerprint density at radius 1 is 0.639 bits per heavy atom. The van der Waals surface area contributed by atoms with E-state index in [9.17, 15) is 4.79 Å². The highest BCUT2D eigenvalue weighted by molar-refractivity contribution is 6.34. The van der Waals surface area contributed by atoms with Gasteiger partial charge in [-0.25, -0.2) is 4.98 Å². The van der Waals surface area contributed by atoms with E-state index in [2.05, 4.69) is 169 Å². The van der Waals surface area contributed by atoms with E-state index in [0.29, 0.717) is 28.0 Å². The van der Waals surface area contributed by atoms with Crippen LogP contribution < -0.4 is 10.1 Å². The molecule has 1 aliphatic rings. The Kier molecular flexibility index (Phi) is 21.8. The molecule has 14 heteroatoms. The maximum Gasteiger partial charge on any atom is 0.305 e. The lowest BCUT2D eigenvalue weighted by Gasteiger charge is -2.16. The van der Waals surface area contributed by atoms with E-state index in [0.717, 1.165) is 59.8 Å². The number of H-pyrrole nitrogens is 2. The summed E-state index contributed by atoms with van der Waals surface area (Å²) in [7, 11) is 0. The number of fused-ring (bicyclic) bond motifs is 2. The number of nitrogens with one attached hydrogen (secondary N) is 3. The fraction of sp³-hybridized carbons (Fsp3) is 0.493. The van der Waals surface area contributed by atoms with Gasteiger partial charge in [-0.3, -0.25) is 15.0 Å². The quantitative estimate of drug-likeness (QED) is 0.0345. The van der Waals surface area contributed by atoms with Crippen LogP contribution in [0.25, 0.3) is 34.1 Å². The Morgan fingerprint density at radius 2 is 1.22 bits per heavy atom. The molecule has 1 amide bonds. The first-order valence-electron chi connectivity index (χ1n) is 31.0. The number of carbonyl (C=O) groups excluding carboxylic acids is 1. The molecule has 0 bridgehead atoms. The van der Waals surface area contributed by atoms with Gasteiger partial charge in [0.2, 0.25) is 12.1 Å². The Bertz CT molecular complexity index is 3450. The van der Waals surface area contributed by atoms with Crippen LogP contribution in [0.2, 0.25) is 5.02 Å². The predicted octanol–water partition coefficient (Wildman–Crippen LogP) is 16.9. The molecule has 442 valence electrons. The normalized spacial score (nSPS) is 13.5. The number of aromatic amines is 2. The van der Waals surface area contributed by atoms with Crippen LogP contribution in [0, 0.1) is 13.8 Å². The summed E-state index contributed by atoms with van der Waals surface area (Å²) in [5.74, 6) is 2.17. The van der Waals surface area contributed by atoms with Gasteiger partial charge in [0.05, 0.1) is 12.3 Å². The van der Waals surface area contributed by atoms with E-state index >= 15 is 0 Å². The monoisotopic (exact) mass is 1140 g/mol. The van der Waals surface area contributed by atoms with Crippen molar-refractivity contribution >= 4 is 46.9 Å². The molecule has 83 heavy (non-hydrogen) atoms. The van der Waals surface area contributed by atoms with E-state index in [1.54, 1.807) is 20.2 Å². The van der Waals surface area contributed by atoms with Crippen molar-refractivity contribution in [1.29, 1.82) is 0 Å². The Hall–Kier alpha value is -6.86. The number of aromatic nitrogens is 8. The predicted molar refractivity (Wildman–Crippen MR) is 342 cm³/mol. The van der Waals surface area contributed by atoms with Crippen LogP contribution in [0.1, 0.15) is 215 Å². The van der Waals surface area contributed by atoms with Crippen LogP contribution in [-0.2, 0) is 34.9 Å². The first-order chi connectivity index (χ1) is 39.9. The number of hydrazone groups is 1. The summed E-state index contributed by atoms with van der Waals surface area (Å²) < 4.78 is 11.5. The summed E-state index contributed by atoms with van der Waals surface area (Å²) in [6, 6.07) is 30.3. The summed E-state index contributed by atoms with van der Waals surface area (Å²) in [6.45, 7) is 23.9. The summed E-state index contributed by atoms with van der Waals surface area (Å²) in [6.07, 6.45) is 27.8. The molecule has 0 radical (unpaired) electrons. The smallest absolute Gasteiger partial charge is 0.305 e. The number of hydrogen-bond acceptors (Lipinski definition) is 7. The molecule has 0 saturated carbocycles.